The van der Waals surface area contributed by atoms with Crippen LogP contribution in [-0.4, -0.2) is 93.8 Å². The van der Waals surface area contributed by atoms with Crippen LogP contribution >= 0.6 is 0 Å². The summed E-state index contributed by atoms with van der Waals surface area (Å²) in [4.78, 5) is 29.1. The van der Waals surface area contributed by atoms with Crippen molar-refractivity contribution in [1.29, 1.82) is 5.26 Å². The van der Waals surface area contributed by atoms with Crippen LogP contribution in [0.1, 0.15) is 35.6 Å². The second-order valence-corrected chi connectivity index (χ2v) is 14.8. The summed E-state index contributed by atoms with van der Waals surface area (Å²) in [6.07, 6.45) is -12.5. The maximum atomic E-state index is 14.7. The Hall–Kier alpha value is -4.89. The number of benzene rings is 3. The molecule has 1 atom stereocenters. The number of alkyl halides is 6. The molecule has 18 heteroatoms. The van der Waals surface area contributed by atoms with E-state index >= 15 is 0 Å². The van der Waals surface area contributed by atoms with Crippen molar-refractivity contribution in [2.24, 2.45) is 0 Å². The Balaban J connectivity index is 1.56. The van der Waals surface area contributed by atoms with Crippen LogP contribution in [0.2, 0.25) is 0 Å². The molecule has 53 heavy (non-hydrogen) atoms. The zero-order valence-corrected chi connectivity index (χ0v) is 29.1. The molecule has 0 N–H and O–H groups in total. The Morgan fingerprint density at radius 2 is 1.43 bits per heavy atom. The largest absolute Gasteiger partial charge is 0.496 e. The van der Waals surface area contributed by atoms with Gasteiger partial charge in [0.1, 0.15) is 16.3 Å². The molecule has 0 spiro atoms. The van der Waals surface area contributed by atoms with E-state index in [1.165, 1.54) is 27.7 Å². The van der Waals surface area contributed by atoms with E-state index in [-0.39, 0.29) is 72.4 Å². The topological polar surface area (TPSA) is 120 Å². The number of ether oxygens (including phenoxy) is 2. The van der Waals surface area contributed by atoms with Crippen LogP contribution in [0, 0.1) is 17.1 Å². The molecule has 2 aliphatic rings. The molecule has 5 rings (SSSR count). The lowest BCUT2D eigenvalue weighted by atomic mass is 9.88. The molecule has 2 saturated heterocycles. The van der Waals surface area contributed by atoms with E-state index < -0.39 is 63.1 Å². The fourth-order valence-corrected chi connectivity index (χ4v) is 8.75. The number of likely N-dealkylation sites (tertiary alicyclic amines) is 1. The number of hydrogen-bond donors (Lipinski definition) is 0. The maximum absolute atomic E-state index is 14.7. The van der Waals surface area contributed by atoms with E-state index in [9.17, 15) is 48.7 Å². The lowest BCUT2D eigenvalue weighted by Gasteiger charge is -2.38. The number of piperazine rings is 1. The molecule has 284 valence electrons. The summed E-state index contributed by atoms with van der Waals surface area (Å²) < 4.78 is 139. The van der Waals surface area contributed by atoms with Gasteiger partial charge in [0.2, 0.25) is 5.91 Å². The van der Waals surface area contributed by atoms with Crippen LogP contribution in [0.25, 0.3) is 0 Å². The highest BCUT2D eigenvalue weighted by Gasteiger charge is 2.73. The van der Waals surface area contributed by atoms with Crippen molar-refractivity contribution in [3.63, 3.8) is 0 Å². The monoisotopic (exact) mass is 770 g/mol. The molecule has 2 heterocycles. The van der Waals surface area contributed by atoms with Crippen LogP contribution in [0.3, 0.4) is 0 Å². The Bertz CT molecular complexity index is 1980. The number of hydrogen-bond acceptors (Lipinski definition) is 7. The van der Waals surface area contributed by atoms with Gasteiger partial charge in [-0.25, -0.2) is 17.6 Å². The molecule has 0 bridgehead atoms. The number of nitriles is 1. The molecular formula is C35H33F7N4O6S. The summed E-state index contributed by atoms with van der Waals surface area (Å²) >= 11 is 0. The minimum Gasteiger partial charge on any atom is -0.496 e. The summed E-state index contributed by atoms with van der Waals surface area (Å²) in [5, 5.41) is 9.12. The number of rotatable bonds is 8. The van der Waals surface area contributed by atoms with Gasteiger partial charge in [-0.15, -0.1) is 0 Å². The van der Waals surface area contributed by atoms with Gasteiger partial charge in [0.05, 0.1) is 30.2 Å². The van der Waals surface area contributed by atoms with E-state index in [4.69, 9.17) is 14.7 Å². The lowest BCUT2D eigenvalue weighted by Crippen LogP contribution is -2.56. The van der Waals surface area contributed by atoms with Crippen molar-refractivity contribution in [2.45, 2.75) is 47.5 Å². The number of halogens is 7. The molecule has 2 fully saturated rings. The van der Waals surface area contributed by atoms with Crippen LogP contribution in [-0.2, 0) is 36.3 Å². The number of carbonyl (C=O) groups excluding carboxylic acids is 2. The molecule has 10 nitrogen and oxygen atoms in total. The van der Waals surface area contributed by atoms with Crippen molar-refractivity contribution >= 4 is 21.8 Å². The minimum absolute atomic E-state index is 0.0337. The molecule has 0 aromatic heterocycles. The summed E-state index contributed by atoms with van der Waals surface area (Å²) in [6.45, 7) is 0.194. The summed E-state index contributed by atoms with van der Waals surface area (Å²) in [5.74, 6) is -1.14. The number of nitrogens with zero attached hydrogens (tertiary/aromatic N) is 4. The van der Waals surface area contributed by atoms with E-state index in [0.29, 0.717) is 12.1 Å². The van der Waals surface area contributed by atoms with Crippen molar-refractivity contribution < 1.29 is 58.2 Å². The second-order valence-electron chi connectivity index (χ2n) is 12.6. The van der Waals surface area contributed by atoms with E-state index in [1.807, 2.05) is 0 Å². The second kappa shape index (κ2) is 14.5. The Kier molecular flexibility index (Phi) is 10.8. The van der Waals surface area contributed by atoms with Gasteiger partial charge in [-0.2, -0.15) is 31.6 Å². The van der Waals surface area contributed by atoms with Crippen molar-refractivity contribution in [3.8, 4) is 11.8 Å². The first-order chi connectivity index (χ1) is 24.8. The number of amides is 3. The van der Waals surface area contributed by atoms with Gasteiger partial charge >= 0.3 is 18.4 Å². The number of urea groups is 1. The molecule has 2 aliphatic heterocycles. The zero-order chi connectivity index (χ0) is 39.0. The van der Waals surface area contributed by atoms with Gasteiger partial charge in [-0.1, -0.05) is 30.3 Å². The maximum Gasteiger partial charge on any atom is 0.430 e. The zero-order valence-electron chi connectivity index (χ0n) is 28.3. The van der Waals surface area contributed by atoms with Gasteiger partial charge in [-0.05, 0) is 48.4 Å². The van der Waals surface area contributed by atoms with Crippen molar-refractivity contribution in [2.75, 3.05) is 46.4 Å². The average molecular weight is 771 g/mol. The van der Waals surface area contributed by atoms with Crippen LogP contribution in [0.5, 0.6) is 5.75 Å². The third-order valence-electron chi connectivity index (χ3n) is 9.61. The molecule has 1 unspecified atom stereocenters. The highest BCUT2D eigenvalue weighted by Crippen LogP contribution is 2.54. The Morgan fingerprint density at radius 3 is 1.96 bits per heavy atom. The van der Waals surface area contributed by atoms with Crippen LogP contribution in [0.15, 0.2) is 71.6 Å². The predicted octanol–water partition coefficient (Wildman–Crippen LogP) is 5.90. The van der Waals surface area contributed by atoms with Gasteiger partial charge < -0.3 is 24.2 Å². The highest BCUT2D eigenvalue weighted by atomic mass is 32.2. The molecule has 3 aromatic carbocycles. The van der Waals surface area contributed by atoms with Crippen LogP contribution < -0.4 is 4.74 Å². The van der Waals surface area contributed by atoms with Crippen LogP contribution in [0.4, 0.5) is 35.5 Å². The standard InChI is InChI=1S/C35H33F7N4O6S/c1-23(47)44-15-17-45(18-16-44)31(48)46-14-13-32(22-46,53(49,50)29-11-9-28(36)10-12-29)26-5-7-27(8-6-26)33(34(37,38)39,35(40,41)42)52-21-25-4-3-24(20-43)19-30(25)51-2/h3-12,19H,13-18,21-22H2,1-2H3. The first-order valence-corrected chi connectivity index (χ1v) is 17.5. The van der Waals surface area contributed by atoms with Gasteiger partial charge in [0.25, 0.3) is 5.60 Å². The summed E-state index contributed by atoms with van der Waals surface area (Å²) in [5.41, 5.74) is -6.71. The predicted molar refractivity (Wildman–Crippen MR) is 173 cm³/mol. The first-order valence-electron chi connectivity index (χ1n) is 16.1. The number of sulfone groups is 1. The third-order valence-corrected chi connectivity index (χ3v) is 12.1. The Morgan fingerprint density at radius 1 is 0.849 bits per heavy atom. The van der Waals surface area contributed by atoms with Crippen molar-refractivity contribution in [3.05, 3.63) is 94.8 Å². The molecule has 3 aromatic rings. The first kappa shape index (κ1) is 39.3. The van der Waals surface area contributed by atoms with E-state index in [0.717, 1.165) is 55.6 Å². The summed E-state index contributed by atoms with van der Waals surface area (Å²) in [7, 11) is -3.48. The highest BCUT2D eigenvalue weighted by molar-refractivity contribution is 7.92. The molecule has 3 amide bonds. The molecule has 0 radical (unpaired) electrons. The Labute approximate surface area is 300 Å². The van der Waals surface area contributed by atoms with Crippen molar-refractivity contribution in [1.82, 2.24) is 14.7 Å². The number of carbonyl (C=O) groups is 2. The average Bonchev–Trinajstić information content (AvgIpc) is 3.58. The van der Waals surface area contributed by atoms with E-state index in [2.05, 4.69) is 0 Å². The SMILES string of the molecule is COc1cc(C#N)ccc1COC(c1ccc(C2(S(=O)(=O)c3ccc(F)cc3)CCN(C(=O)N3CCN(C(C)=O)CC3)C2)cc1)(C(F)(F)F)C(F)(F)F. The smallest absolute Gasteiger partial charge is 0.430 e. The molecular weight excluding hydrogens is 737 g/mol. The normalized spacial score (nSPS) is 18.5. The molecule has 0 aliphatic carbocycles. The quantitative estimate of drug-likeness (QED) is 0.207. The number of methoxy groups -OCH3 is 1. The third kappa shape index (κ3) is 7.11. The summed E-state index contributed by atoms with van der Waals surface area (Å²) in [6, 6.07) is 11.0. The lowest BCUT2D eigenvalue weighted by molar-refractivity contribution is -0.392. The fourth-order valence-electron chi connectivity index (χ4n) is 6.67. The molecule has 0 saturated carbocycles. The fraction of sp³-hybridized carbons (Fsp3) is 0.400. The van der Waals surface area contributed by atoms with E-state index in [1.54, 1.807) is 6.07 Å². The van der Waals surface area contributed by atoms with Gasteiger partial charge in [0, 0.05) is 57.3 Å². The minimum atomic E-state index is -6.09. The van der Waals surface area contributed by atoms with Gasteiger partial charge in [-0.3, -0.25) is 4.79 Å². The van der Waals surface area contributed by atoms with Gasteiger partial charge in [0.15, 0.2) is 9.84 Å².